The first-order valence-corrected chi connectivity index (χ1v) is 8.73. The normalized spacial score (nSPS) is 15.9. The number of ether oxygens (including phenoxy) is 1. The molecule has 1 fully saturated rings. The summed E-state index contributed by atoms with van der Waals surface area (Å²) in [6.45, 7) is 0.265. The van der Waals surface area contributed by atoms with Gasteiger partial charge in [0.05, 0.1) is 12.5 Å². The molecule has 1 aliphatic rings. The van der Waals surface area contributed by atoms with E-state index in [0.29, 0.717) is 12.5 Å². The zero-order valence-electron chi connectivity index (χ0n) is 14.9. The average molecular weight is 485 g/mol. The van der Waals surface area contributed by atoms with Gasteiger partial charge in [0.15, 0.2) is 5.96 Å². The van der Waals surface area contributed by atoms with Crippen LogP contribution in [0.2, 0.25) is 0 Å². The highest BCUT2D eigenvalue weighted by atomic mass is 127. The molecule has 1 aliphatic carbocycles. The Labute approximate surface area is 170 Å². The minimum absolute atomic E-state index is 0. The van der Waals surface area contributed by atoms with Crippen LogP contribution in [0.25, 0.3) is 0 Å². The van der Waals surface area contributed by atoms with Gasteiger partial charge in [0, 0.05) is 20.1 Å². The standard InChI is InChI=1S/C18H26F3N3O.HI/c1-22-17(23-11-10-18(19,20)21)24-13-14-6-5-9-16(12-14)25-15-7-3-2-4-8-15;/h5-6,9,12,15H,2-4,7-8,10-11,13H2,1H3,(H2,22,23,24);1H. The van der Waals surface area contributed by atoms with Gasteiger partial charge in [-0.3, -0.25) is 4.99 Å². The molecular formula is C18H27F3IN3O. The molecule has 0 aliphatic heterocycles. The Morgan fingerprint density at radius 2 is 1.92 bits per heavy atom. The number of aliphatic imine (C=N–C) groups is 1. The van der Waals surface area contributed by atoms with E-state index >= 15 is 0 Å². The number of rotatable bonds is 6. The van der Waals surface area contributed by atoms with Crippen LogP contribution in [0.5, 0.6) is 5.75 Å². The molecule has 148 valence electrons. The molecular weight excluding hydrogens is 458 g/mol. The molecule has 26 heavy (non-hydrogen) atoms. The van der Waals surface area contributed by atoms with E-state index in [-0.39, 0.29) is 36.6 Å². The molecule has 0 bridgehead atoms. The lowest BCUT2D eigenvalue weighted by atomic mass is 9.98. The first-order chi connectivity index (χ1) is 12.0. The van der Waals surface area contributed by atoms with Crippen molar-refractivity contribution in [3.63, 3.8) is 0 Å². The highest BCUT2D eigenvalue weighted by Gasteiger charge is 2.26. The van der Waals surface area contributed by atoms with Crippen LogP contribution in [-0.4, -0.2) is 31.8 Å². The second-order valence-corrected chi connectivity index (χ2v) is 6.24. The second-order valence-electron chi connectivity index (χ2n) is 6.24. The molecule has 1 aromatic rings. The van der Waals surface area contributed by atoms with Gasteiger partial charge < -0.3 is 15.4 Å². The van der Waals surface area contributed by atoms with E-state index in [0.717, 1.165) is 24.2 Å². The predicted molar refractivity (Wildman–Crippen MR) is 108 cm³/mol. The molecule has 2 rings (SSSR count). The monoisotopic (exact) mass is 485 g/mol. The lowest BCUT2D eigenvalue weighted by Gasteiger charge is -2.23. The molecule has 0 spiro atoms. The van der Waals surface area contributed by atoms with Crippen LogP contribution in [0, 0.1) is 0 Å². The van der Waals surface area contributed by atoms with Crippen molar-refractivity contribution in [1.29, 1.82) is 0 Å². The number of nitrogens with one attached hydrogen (secondary N) is 2. The molecule has 0 radical (unpaired) electrons. The molecule has 0 atom stereocenters. The fourth-order valence-electron chi connectivity index (χ4n) is 2.83. The lowest BCUT2D eigenvalue weighted by molar-refractivity contribution is -0.132. The summed E-state index contributed by atoms with van der Waals surface area (Å²) >= 11 is 0. The summed E-state index contributed by atoms with van der Waals surface area (Å²) in [6.07, 6.45) is 1.13. The van der Waals surface area contributed by atoms with Gasteiger partial charge in [0.25, 0.3) is 0 Å². The van der Waals surface area contributed by atoms with Crippen molar-refractivity contribution in [2.24, 2.45) is 4.99 Å². The fourth-order valence-corrected chi connectivity index (χ4v) is 2.83. The summed E-state index contributed by atoms with van der Waals surface area (Å²) in [6, 6.07) is 7.78. The van der Waals surface area contributed by atoms with Crippen LogP contribution in [0.4, 0.5) is 13.2 Å². The number of nitrogens with zero attached hydrogens (tertiary/aromatic N) is 1. The van der Waals surface area contributed by atoms with Gasteiger partial charge in [-0.25, -0.2) is 0 Å². The van der Waals surface area contributed by atoms with Gasteiger partial charge in [-0.2, -0.15) is 13.2 Å². The van der Waals surface area contributed by atoms with E-state index in [2.05, 4.69) is 15.6 Å². The Kier molecular flexibility index (Phi) is 10.1. The summed E-state index contributed by atoms with van der Waals surface area (Å²) in [5, 5.41) is 5.68. The molecule has 0 heterocycles. The summed E-state index contributed by atoms with van der Waals surface area (Å²) in [7, 11) is 1.53. The number of benzene rings is 1. The predicted octanol–water partition coefficient (Wildman–Crippen LogP) is 4.63. The van der Waals surface area contributed by atoms with Gasteiger partial charge in [0.1, 0.15) is 5.75 Å². The van der Waals surface area contributed by atoms with E-state index in [4.69, 9.17) is 4.74 Å². The third kappa shape index (κ3) is 8.95. The van der Waals surface area contributed by atoms with E-state index in [9.17, 15) is 13.2 Å². The van der Waals surface area contributed by atoms with E-state index in [1.54, 1.807) is 0 Å². The number of hydrogen-bond acceptors (Lipinski definition) is 2. The maximum Gasteiger partial charge on any atom is 0.390 e. The van der Waals surface area contributed by atoms with Crippen molar-refractivity contribution in [3.8, 4) is 5.75 Å². The van der Waals surface area contributed by atoms with Crippen molar-refractivity contribution in [3.05, 3.63) is 29.8 Å². The van der Waals surface area contributed by atoms with Crippen molar-refractivity contribution in [2.75, 3.05) is 13.6 Å². The van der Waals surface area contributed by atoms with E-state index in [1.807, 2.05) is 24.3 Å². The maximum absolute atomic E-state index is 12.2. The number of alkyl halides is 3. The van der Waals surface area contributed by atoms with Crippen LogP contribution < -0.4 is 15.4 Å². The van der Waals surface area contributed by atoms with Crippen molar-refractivity contribution in [2.45, 2.75) is 57.3 Å². The lowest BCUT2D eigenvalue weighted by Crippen LogP contribution is -2.38. The Hall–Kier alpha value is -1.19. The molecule has 1 aromatic carbocycles. The summed E-state index contributed by atoms with van der Waals surface area (Å²) < 4.78 is 42.6. The largest absolute Gasteiger partial charge is 0.490 e. The molecule has 1 saturated carbocycles. The van der Waals surface area contributed by atoms with Gasteiger partial charge in [0.2, 0.25) is 0 Å². The molecule has 0 aromatic heterocycles. The van der Waals surface area contributed by atoms with Gasteiger partial charge in [-0.05, 0) is 43.4 Å². The summed E-state index contributed by atoms with van der Waals surface area (Å²) in [5.41, 5.74) is 0.993. The molecule has 0 amide bonds. The van der Waals surface area contributed by atoms with Gasteiger partial charge in [-0.15, -0.1) is 24.0 Å². The average Bonchev–Trinajstić information content (AvgIpc) is 2.58. The van der Waals surface area contributed by atoms with Gasteiger partial charge in [-0.1, -0.05) is 18.6 Å². The molecule has 8 heteroatoms. The number of guanidine groups is 1. The smallest absolute Gasteiger partial charge is 0.390 e. The Bertz CT molecular complexity index is 561. The van der Waals surface area contributed by atoms with Crippen LogP contribution in [0.15, 0.2) is 29.3 Å². The molecule has 4 nitrogen and oxygen atoms in total. The first kappa shape index (κ1) is 22.9. The van der Waals surface area contributed by atoms with E-state index in [1.165, 1.54) is 26.3 Å². The highest BCUT2D eigenvalue weighted by molar-refractivity contribution is 14.0. The van der Waals surface area contributed by atoms with Crippen LogP contribution in [0.3, 0.4) is 0 Å². The second kappa shape index (κ2) is 11.5. The third-order valence-corrected chi connectivity index (χ3v) is 4.14. The minimum atomic E-state index is -4.17. The highest BCUT2D eigenvalue weighted by Crippen LogP contribution is 2.24. The fraction of sp³-hybridized carbons (Fsp3) is 0.611. The van der Waals surface area contributed by atoms with Gasteiger partial charge >= 0.3 is 6.18 Å². The first-order valence-electron chi connectivity index (χ1n) is 8.73. The number of halogens is 4. The van der Waals surface area contributed by atoms with E-state index < -0.39 is 12.6 Å². The van der Waals surface area contributed by atoms with Crippen molar-refractivity contribution >= 4 is 29.9 Å². The third-order valence-electron chi connectivity index (χ3n) is 4.14. The zero-order chi connectivity index (χ0) is 18.1. The van der Waals surface area contributed by atoms with Crippen molar-refractivity contribution in [1.82, 2.24) is 10.6 Å². The van der Waals surface area contributed by atoms with Crippen LogP contribution in [0.1, 0.15) is 44.1 Å². The molecule has 2 N–H and O–H groups in total. The topological polar surface area (TPSA) is 45.7 Å². The SMILES string of the molecule is CN=C(NCCC(F)(F)F)NCc1cccc(OC2CCCCC2)c1.I. The molecule has 0 unspecified atom stereocenters. The Balaban J connectivity index is 0.00000338. The quantitative estimate of drug-likeness (QED) is 0.351. The van der Waals surface area contributed by atoms with Crippen molar-refractivity contribution < 1.29 is 17.9 Å². The summed E-state index contributed by atoms with van der Waals surface area (Å²) in [5.74, 6) is 1.19. The Morgan fingerprint density at radius 1 is 1.19 bits per heavy atom. The maximum atomic E-state index is 12.2. The van der Waals surface area contributed by atoms with Crippen LogP contribution in [-0.2, 0) is 6.54 Å². The number of hydrogen-bond donors (Lipinski definition) is 2. The minimum Gasteiger partial charge on any atom is -0.490 e. The molecule has 0 saturated heterocycles. The zero-order valence-corrected chi connectivity index (χ0v) is 17.3. The summed E-state index contributed by atoms with van der Waals surface area (Å²) in [4.78, 5) is 3.93. The van der Waals surface area contributed by atoms with Crippen LogP contribution >= 0.6 is 24.0 Å². The Morgan fingerprint density at radius 3 is 2.58 bits per heavy atom.